The molecule has 0 heterocycles. The van der Waals surface area contributed by atoms with Crippen LogP contribution >= 0.6 is 15.9 Å². The van der Waals surface area contributed by atoms with Crippen LogP contribution in [0.4, 0.5) is 5.69 Å². The molecule has 1 aromatic rings. The molecule has 1 rings (SSSR count). The maximum absolute atomic E-state index is 11.8. The van der Waals surface area contributed by atoms with Crippen LogP contribution in [0.2, 0.25) is 0 Å². The number of rotatable bonds is 6. The summed E-state index contributed by atoms with van der Waals surface area (Å²) in [4.78, 5) is 11.8. The summed E-state index contributed by atoms with van der Waals surface area (Å²) in [5.41, 5.74) is 6.31. The Morgan fingerprint density at radius 3 is 2.83 bits per heavy atom. The maximum Gasteiger partial charge on any atom is 0.224 e. The lowest BCUT2D eigenvalue weighted by atomic mass is 10.0. The van der Waals surface area contributed by atoms with Gasteiger partial charge in [0.2, 0.25) is 5.91 Å². The molecule has 0 aromatic heterocycles. The van der Waals surface area contributed by atoms with Gasteiger partial charge in [0.05, 0.1) is 11.6 Å². The zero-order valence-electron chi connectivity index (χ0n) is 10.7. The Kier molecular flexibility index (Phi) is 6.15. The van der Waals surface area contributed by atoms with Gasteiger partial charge in [-0.3, -0.25) is 4.79 Å². The molecule has 0 saturated carbocycles. The average Bonchev–Trinajstić information content (AvgIpc) is 2.38. The smallest absolute Gasteiger partial charge is 0.224 e. The zero-order valence-corrected chi connectivity index (χ0v) is 12.3. The van der Waals surface area contributed by atoms with Gasteiger partial charge < -0.3 is 15.8 Å². The number of hydrogen-bond acceptors (Lipinski definition) is 3. The van der Waals surface area contributed by atoms with E-state index in [0.717, 1.165) is 16.6 Å². The van der Waals surface area contributed by atoms with Gasteiger partial charge in [-0.1, -0.05) is 13.3 Å². The summed E-state index contributed by atoms with van der Waals surface area (Å²) in [6, 6.07) is 5.45. The van der Waals surface area contributed by atoms with E-state index in [2.05, 4.69) is 21.2 Å². The van der Waals surface area contributed by atoms with Crippen LogP contribution in [0.25, 0.3) is 0 Å². The van der Waals surface area contributed by atoms with Crippen molar-refractivity contribution in [2.75, 3.05) is 19.0 Å². The second-order valence-electron chi connectivity index (χ2n) is 4.11. The molecule has 0 spiro atoms. The second-order valence-corrected chi connectivity index (χ2v) is 4.97. The summed E-state index contributed by atoms with van der Waals surface area (Å²) >= 11 is 3.37. The Morgan fingerprint density at radius 2 is 2.28 bits per heavy atom. The Labute approximate surface area is 116 Å². The van der Waals surface area contributed by atoms with Gasteiger partial charge in [0.25, 0.3) is 0 Å². The Balaban J connectivity index is 2.64. The van der Waals surface area contributed by atoms with Gasteiger partial charge in [-0.25, -0.2) is 0 Å². The number of halogens is 1. The minimum Gasteiger partial charge on any atom is -0.495 e. The quantitative estimate of drug-likeness (QED) is 0.848. The predicted molar refractivity (Wildman–Crippen MR) is 76.8 cm³/mol. The summed E-state index contributed by atoms with van der Waals surface area (Å²) in [5, 5.41) is 2.85. The fourth-order valence-electron chi connectivity index (χ4n) is 1.61. The molecule has 18 heavy (non-hydrogen) atoms. The molecule has 1 amide bonds. The molecule has 0 aliphatic rings. The molecule has 3 N–H and O–H groups in total. The van der Waals surface area contributed by atoms with Crippen molar-refractivity contribution in [2.24, 2.45) is 11.7 Å². The minimum atomic E-state index is -0.0170. The topological polar surface area (TPSA) is 64.4 Å². The zero-order chi connectivity index (χ0) is 13.5. The highest BCUT2D eigenvalue weighted by molar-refractivity contribution is 9.10. The molecule has 0 aliphatic carbocycles. The Morgan fingerprint density at radius 1 is 1.56 bits per heavy atom. The van der Waals surface area contributed by atoms with Crippen molar-refractivity contribution in [3.05, 3.63) is 22.7 Å². The van der Waals surface area contributed by atoms with Gasteiger partial charge >= 0.3 is 0 Å². The lowest BCUT2D eigenvalue weighted by molar-refractivity contribution is -0.117. The molecule has 0 radical (unpaired) electrons. The highest BCUT2D eigenvalue weighted by atomic mass is 79.9. The molecule has 1 aromatic carbocycles. The number of carbonyl (C=O) groups excluding carboxylic acids is 1. The van der Waals surface area contributed by atoms with Crippen LogP contribution in [-0.4, -0.2) is 19.6 Å². The van der Waals surface area contributed by atoms with Gasteiger partial charge in [-0.05, 0) is 40.5 Å². The van der Waals surface area contributed by atoms with Gasteiger partial charge in [0.15, 0.2) is 0 Å². The third-order valence-corrected chi connectivity index (χ3v) is 3.47. The van der Waals surface area contributed by atoms with Gasteiger partial charge in [-0.2, -0.15) is 0 Å². The molecule has 5 heteroatoms. The van der Waals surface area contributed by atoms with Crippen molar-refractivity contribution < 1.29 is 9.53 Å². The average molecular weight is 315 g/mol. The molecule has 0 saturated heterocycles. The van der Waals surface area contributed by atoms with Crippen molar-refractivity contribution in [1.29, 1.82) is 0 Å². The van der Waals surface area contributed by atoms with Crippen molar-refractivity contribution in [2.45, 2.75) is 19.8 Å². The van der Waals surface area contributed by atoms with Crippen LogP contribution in [0.3, 0.4) is 0 Å². The summed E-state index contributed by atoms with van der Waals surface area (Å²) in [5.74, 6) is 0.915. The molecule has 0 bridgehead atoms. The highest BCUT2D eigenvalue weighted by Crippen LogP contribution is 2.27. The van der Waals surface area contributed by atoms with E-state index < -0.39 is 0 Å². The van der Waals surface area contributed by atoms with E-state index in [1.165, 1.54) is 0 Å². The van der Waals surface area contributed by atoms with Crippen LogP contribution in [0.1, 0.15) is 19.8 Å². The molecule has 0 fully saturated rings. The van der Waals surface area contributed by atoms with Crippen LogP contribution in [0.5, 0.6) is 5.75 Å². The molecule has 100 valence electrons. The number of nitrogens with one attached hydrogen (secondary N) is 1. The van der Waals surface area contributed by atoms with E-state index in [1.54, 1.807) is 13.2 Å². The van der Waals surface area contributed by atoms with Crippen LogP contribution in [0, 0.1) is 5.92 Å². The molecular formula is C13H19BrN2O2. The molecule has 1 unspecified atom stereocenters. The number of benzene rings is 1. The lowest BCUT2D eigenvalue weighted by Gasteiger charge is -2.12. The van der Waals surface area contributed by atoms with Crippen molar-refractivity contribution in [3.63, 3.8) is 0 Å². The second kappa shape index (κ2) is 7.38. The first-order chi connectivity index (χ1) is 8.60. The van der Waals surface area contributed by atoms with Crippen LogP contribution in [-0.2, 0) is 4.79 Å². The standard InChI is InChI=1S/C13H19BrN2O2/c1-3-9(8-15)6-13(17)16-10-4-5-11(14)12(7-10)18-2/h4-5,7,9H,3,6,8,15H2,1-2H3,(H,16,17). The van der Waals surface area contributed by atoms with E-state index >= 15 is 0 Å². The fourth-order valence-corrected chi connectivity index (χ4v) is 2.01. The number of amides is 1. The first kappa shape index (κ1) is 15.0. The summed E-state index contributed by atoms with van der Waals surface area (Å²) in [6.45, 7) is 2.57. The van der Waals surface area contributed by atoms with E-state index in [1.807, 2.05) is 19.1 Å². The molecule has 1 atom stereocenters. The Bertz CT molecular complexity index is 406. The van der Waals surface area contributed by atoms with Crippen molar-refractivity contribution in [3.8, 4) is 5.75 Å². The molecular weight excluding hydrogens is 296 g/mol. The number of hydrogen-bond donors (Lipinski definition) is 2. The lowest BCUT2D eigenvalue weighted by Crippen LogP contribution is -2.21. The predicted octanol–water partition coefficient (Wildman–Crippen LogP) is 2.77. The number of anilines is 1. The molecule has 4 nitrogen and oxygen atoms in total. The van der Waals surface area contributed by atoms with Crippen LogP contribution in [0.15, 0.2) is 22.7 Å². The highest BCUT2D eigenvalue weighted by Gasteiger charge is 2.11. The van der Waals surface area contributed by atoms with E-state index in [-0.39, 0.29) is 11.8 Å². The monoisotopic (exact) mass is 314 g/mol. The third-order valence-electron chi connectivity index (χ3n) is 2.82. The number of nitrogens with two attached hydrogens (primary N) is 1. The largest absolute Gasteiger partial charge is 0.495 e. The third kappa shape index (κ3) is 4.31. The van der Waals surface area contributed by atoms with Gasteiger partial charge in [0, 0.05) is 18.2 Å². The normalized spacial score (nSPS) is 12.0. The van der Waals surface area contributed by atoms with Gasteiger partial charge in [0.1, 0.15) is 5.75 Å². The number of carbonyl (C=O) groups is 1. The number of methoxy groups -OCH3 is 1. The van der Waals surface area contributed by atoms with E-state index in [9.17, 15) is 4.79 Å². The maximum atomic E-state index is 11.8. The minimum absolute atomic E-state index is 0.0170. The Hall–Kier alpha value is -1.07. The van der Waals surface area contributed by atoms with E-state index in [0.29, 0.717) is 18.7 Å². The first-order valence-electron chi connectivity index (χ1n) is 5.94. The van der Waals surface area contributed by atoms with Crippen molar-refractivity contribution in [1.82, 2.24) is 0 Å². The molecule has 0 aliphatic heterocycles. The summed E-state index contributed by atoms with van der Waals surface area (Å²) in [7, 11) is 1.59. The van der Waals surface area contributed by atoms with E-state index in [4.69, 9.17) is 10.5 Å². The van der Waals surface area contributed by atoms with Crippen LogP contribution < -0.4 is 15.8 Å². The summed E-state index contributed by atoms with van der Waals surface area (Å²) in [6.07, 6.45) is 1.36. The van der Waals surface area contributed by atoms with Crippen molar-refractivity contribution >= 4 is 27.5 Å². The number of ether oxygens (including phenoxy) is 1. The summed E-state index contributed by atoms with van der Waals surface area (Å²) < 4.78 is 6.03. The fraction of sp³-hybridized carbons (Fsp3) is 0.462. The SMILES string of the molecule is CCC(CN)CC(=O)Nc1ccc(Br)c(OC)c1. The first-order valence-corrected chi connectivity index (χ1v) is 6.73. The van der Waals surface area contributed by atoms with Gasteiger partial charge in [-0.15, -0.1) is 0 Å².